The predicted molar refractivity (Wildman–Crippen MR) is 91.2 cm³/mol. The molecule has 0 radical (unpaired) electrons. The second-order valence-electron chi connectivity index (χ2n) is 7.94. The van der Waals surface area contributed by atoms with Crippen LogP contribution in [0.2, 0.25) is 0 Å². The summed E-state index contributed by atoms with van der Waals surface area (Å²) < 4.78 is 6.09. The third-order valence-corrected chi connectivity index (χ3v) is 5.06. The zero-order valence-electron chi connectivity index (χ0n) is 14.7. The molecule has 2 aliphatic heterocycles. The molecule has 2 aliphatic rings. The molecule has 4 heteroatoms. The van der Waals surface area contributed by atoms with E-state index in [0.717, 1.165) is 25.9 Å². The van der Waals surface area contributed by atoms with E-state index < -0.39 is 0 Å². The van der Waals surface area contributed by atoms with Crippen LogP contribution in [0.5, 0.6) is 0 Å². The lowest BCUT2D eigenvalue weighted by Crippen LogP contribution is -2.48. The fraction of sp³-hybridized carbons (Fsp3) is 0.632. The highest BCUT2D eigenvalue weighted by Gasteiger charge is 2.45. The summed E-state index contributed by atoms with van der Waals surface area (Å²) >= 11 is 0. The summed E-state index contributed by atoms with van der Waals surface area (Å²) in [6, 6.07) is 8.61. The Labute approximate surface area is 139 Å². The van der Waals surface area contributed by atoms with Gasteiger partial charge in [-0.3, -0.25) is 4.79 Å². The van der Waals surface area contributed by atoms with Crippen molar-refractivity contribution < 1.29 is 9.53 Å². The van der Waals surface area contributed by atoms with Gasteiger partial charge in [-0.05, 0) is 51.7 Å². The fourth-order valence-electron chi connectivity index (χ4n) is 3.91. The number of hydrogen-bond acceptors (Lipinski definition) is 3. The lowest BCUT2D eigenvalue weighted by Gasteiger charge is -2.31. The second-order valence-corrected chi connectivity index (χ2v) is 7.94. The number of fused-ring (bicyclic) bond motifs is 1. The predicted octanol–water partition coefficient (Wildman–Crippen LogP) is 2.51. The summed E-state index contributed by atoms with van der Waals surface area (Å²) in [7, 11) is 0. The van der Waals surface area contributed by atoms with Crippen LogP contribution in [-0.4, -0.2) is 41.1 Å². The average molecular weight is 316 g/mol. The molecule has 0 bridgehead atoms. The van der Waals surface area contributed by atoms with E-state index in [4.69, 9.17) is 4.74 Å². The molecule has 0 saturated carbocycles. The molecule has 23 heavy (non-hydrogen) atoms. The van der Waals surface area contributed by atoms with E-state index in [1.165, 1.54) is 11.1 Å². The third-order valence-electron chi connectivity index (χ3n) is 5.06. The van der Waals surface area contributed by atoms with Gasteiger partial charge >= 0.3 is 0 Å². The summed E-state index contributed by atoms with van der Waals surface area (Å²) in [6.07, 6.45) is 1.88. The Morgan fingerprint density at radius 1 is 1.26 bits per heavy atom. The van der Waals surface area contributed by atoms with Crippen LogP contribution in [0.4, 0.5) is 0 Å². The quantitative estimate of drug-likeness (QED) is 0.931. The molecule has 2 heterocycles. The normalized spacial score (nSPS) is 25.2. The maximum atomic E-state index is 12.6. The summed E-state index contributed by atoms with van der Waals surface area (Å²) in [5, 5.41) is 3.43. The largest absolute Gasteiger partial charge is 0.368 e. The minimum atomic E-state index is -0.238. The van der Waals surface area contributed by atoms with E-state index in [-0.39, 0.29) is 23.2 Å². The molecule has 1 N–H and O–H groups in total. The number of nitrogens with zero attached hydrogens (tertiary/aromatic N) is 1. The molecule has 1 atom stereocenters. The first kappa shape index (κ1) is 16.5. The molecule has 1 saturated heterocycles. The van der Waals surface area contributed by atoms with Gasteiger partial charge in [0.05, 0.1) is 17.7 Å². The van der Waals surface area contributed by atoms with Crippen molar-refractivity contribution >= 4 is 5.91 Å². The van der Waals surface area contributed by atoms with Gasteiger partial charge in [0.2, 0.25) is 5.91 Å². The molecule has 0 aliphatic carbocycles. The van der Waals surface area contributed by atoms with Gasteiger partial charge in [0, 0.05) is 19.1 Å². The molecule has 3 rings (SSSR count). The highest BCUT2D eigenvalue weighted by Crippen LogP contribution is 2.37. The van der Waals surface area contributed by atoms with Crippen molar-refractivity contribution in [1.29, 1.82) is 0 Å². The van der Waals surface area contributed by atoms with E-state index in [9.17, 15) is 4.79 Å². The minimum absolute atomic E-state index is 0.131. The Morgan fingerprint density at radius 2 is 1.96 bits per heavy atom. The number of carbonyl (C=O) groups excluding carboxylic acids is 1. The van der Waals surface area contributed by atoms with Crippen LogP contribution < -0.4 is 5.32 Å². The summed E-state index contributed by atoms with van der Waals surface area (Å²) in [4.78, 5) is 14.5. The van der Waals surface area contributed by atoms with Gasteiger partial charge in [0.25, 0.3) is 0 Å². The van der Waals surface area contributed by atoms with Gasteiger partial charge in [0.1, 0.15) is 0 Å². The summed E-state index contributed by atoms with van der Waals surface area (Å²) in [5.74, 6) is 0.181. The first-order chi connectivity index (χ1) is 10.8. The highest BCUT2D eigenvalue weighted by atomic mass is 16.5. The van der Waals surface area contributed by atoms with Gasteiger partial charge in [0.15, 0.2) is 0 Å². The number of ether oxygens (including phenoxy) is 1. The highest BCUT2D eigenvalue weighted by molar-refractivity contribution is 5.78. The summed E-state index contributed by atoms with van der Waals surface area (Å²) in [5.41, 5.74) is 2.28. The minimum Gasteiger partial charge on any atom is -0.368 e. The second kappa shape index (κ2) is 5.91. The van der Waals surface area contributed by atoms with Crippen molar-refractivity contribution in [3.05, 3.63) is 35.4 Å². The van der Waals surface area contributed by atoms with Crippen LogP contribution >= 0.6 is 0 Å². The number of rotatable bonds is 3. The molecule has 0 unspecified atom stereocenters. The maximum Gasteiger partial charge on any atom is 0.236 e. The van der Waals surface area contributed by atoms with E-state index in [1.807, 2.05) is 11.0 Å². The Kier molecular flexibility index (Phi) is 4.23. The number of amides is 1. The zero-order valence-corrected chi connectivity index (χ0v) is 14.7. The van der Waals surface area contributed by atoms with Gasteiger partial charge in [-0.15, -0.1) is 0 Å². The smallest absolute Gasteiger partial charge is 0.236 e. The number of carbonyl (C=O) groups is 1. The first-order valence-corrected chi connectivity index (χ1v) is 8.55. The van der Waals surface area contributed by atoms with Crippen molar-refractivity contribution in [3.63, 3.8) is 0 Å². The molecule has 1 amide bonds. The summed E-state index contributed by atoms with van der Waals surface area (Å²) in [6.45, 7) is 10.3. The van der Waals surface area contributed by atoms with Crippen LogP contribution in [0.15, 0.2) is 24.3 Å². The third kappa shape index (κ3) is 3.59. The number of benzene rings is 1. The fourth-order valence-corrected chi connectivity index (χ4v) is 3.91. The molecule has 0 spiro atoms. The zero-order chi connectivity index (χ0) is 16.7. The van der Waals surface area contributed by atoms with Crippen molar-refractivity contribution in [1.82, 2.24) is 10.2 Å². The Hall–Kier alpha value is -1.39. The van der Waals surface area contributed by atoms with Crippen LogP contribution in [0.1, 0.15) is 45.2 Å². The van der Waals surface area contributed by atoms with Gasteiger partial charge in [-0.1, -0.05) is 24.3 Å². The van der Waals surface area contributed by atoms with Crippen molar-refractivity contribution in [2.24, 2.45) is 0 Å². The number of hydrogen-bond donors (Lipinski definition) is 1. The van der Waals surface area contributed by atoms with Crippen molar-refractivity contribution in [2.45, 2.75) is 64.3 Å². The van der Waals surface area contributed by atoms with Crippen LogP contribution in [0.25, 0.3) is 0 Å². The average Bonchev–Trinajstić information content (AvgIpc) is 2.71. The SMILES string of the molecule is CC1(C)C[C@@H](NCC(=O)N2CCc3ccccc3C2)C(C)(C)O1. The lowest BCUT2D eigenvalue weighted by atomic mass is 9.94. The molecule has 1 aromatic rings. The van der Waals surface area contributed by atoms with Crippen LogP contribution in [0.3, 0.4) is 0 Å². The Bertz CT molecular complexity index is 595. The Balaban J connectivity index is 1.57. The van der Waals surface area contributed by atoms with Crippen molar-refractivity contribution in [2.75, 3.05) is 13.1 Å². The topological polar surface area (TPSA) is 41.6 Å². The Morgan fingerprint density at radius 3 is 2.61 bits per heavy atom. The monoisotopic (exact) mass is 316 g/mol. The van der Waals surface area contributed by atoms with E-state index in [0.29, 0.717) is 6.54 Å². The lowest BCUT2D eigenvalue weighted by molar-refractivity contribution is -0.131. The van der Waals surface area contributed by atoms with Gasteiger partial charge < -0.3 is 15.0 Å². The standard InChI is InChI=1S/C19H28N2O2/c1-18(2)11-16(19(3,4)23-18)20-12-17(22)21-10-9-14-7-5-6-8-15(14)13-21/h5-8,16,20H,9-13H2,1-4H3/t16-/m1/s1. The molecule has 126 valence electrons. The van der Waals surface area contributed by atoms with Crippen LogP contribution in [-0.2, 0) is 22.5 Å². The molecular weight excluding hydrogens is 288 g/mol. The molecule has 0 aromatic heterocycles. The van der Waals surface area contributed by atoms with E-state index in [2.05, 4.69) is 51.2 Å². The first-order valence-electron chi connectivity index (χ1n) is 8.55. The van der Waals surface area contributed by atoms with E-state index in [1.54, 1.807) is 0 Å². The van der Waals surface area contributed by atoms with E-state index >= 15 is 0 Å². The molecule has 1 fully saturated rings. The molecule has 1 aromatic carbocycles. The van der Waals surface area contributed by atoms with Gasteiger partial charge in [-0.2, -0.15) is 0 Å². The van der Waals surface area contributed by atoms with Crippen molar-refractivity contribution in [3.8, 4) is 0 Å². The number of nitrogens with one attached hydrogen (secondary N) is 1. The maximum absolute atomic E-state index is 12.6. The van der Waals surface area contributed by atoms with Crippen LogP contribution in [0, 0.1) is 0 Å². The van der Waals surface area contributed by atoms with Gasteiger partial charge in [-0.25, -0.2) is 0 Å². The molecule has 4 nitrogen and oxygen atoms in total. The molecular formula is C19H28N2O2.